The lowest BCUT2D eigenvalue weighted by molar-refractivity contribution is 0.826. The van der Waals surface area contributed by atoms with Gasteiger partial charge in [0.05, 0.1) is 10.2 Å². The molecular formula is C12H15NS. The van der Waals surface area contributed by atoms with Crippen molar-refractivity contribution in [2.75, 3.05) is 0 Å². The summed E-state index contributed by atoms with van der Waals surface area (Å²) in [5.41, 5.74) is 3.82. The smallest absolute Gasteiger partial charge is 0.0815 e. The summed E-state index contributed by atoms with van der Waals surface area (Å²) < 4.78 is 1.36. The third kappa shape index (κ3) is 1.55. The zero-order chi connectivity index (χ0) is 10.1. The van der Waals surface area contributed by atoms with Gasteiger partial charge in [-0.1, -0.05) is 20.8 Å². The molecule has 0 unspecified atom stereocenters. The van der Waals surface area contributed by atoms with E-state index in [1.807, 2.05) is 0 Å². The maximum atomic E-state index is 4.65. The summed E-state index contributed by atoms with van der Waals surface area (Å²) >= 11 is 1.80. The number of nitrogens with zero attached hydrogens (tertiary/aromatic N) is 1. The quantitative estimate of drug-likeness (QED) is 0.722. The Hall–Kier alpha value is -0.890. The molecule has 0 bridgehead atoms. The highest BCUT2D eigenvalue weighted by Gasteiger charge is 2.07. The molecule has 0 aliphatic rings. The molecule has 74 valence electrons. The Balaban J connectivity index is 2.67. The van der Waals surface area contributed by atoms with Gasteiger partial charge in [-0.2, -0.15) is 0 Å². The first-order valence-electron chi connectivity index (χ1n) is 5.09. The van der Waals surface area contributed by atoms with Gasteiger partial charge in [0.15, 0.2) is 0 Å². The van der Waals surface area contributed by atoms with Gasteiger partial charge in [0.25, 0.3) is 0 Å². The molecule has 0 aliphatic heterocycles. The van der Waals surface area contributed by atoms with Crippen LogP contribution in [0.15, 0.2) is 17.5 Å². The number of fused-ring (bicyclic) bond motifs is 1. The minimum Gasteiger partial charge on any atom is -0.252 e. The molecule has 14 heavy (non-hydrogen) atoms. The molecule has 0 atom stereocenters. The summed E-state index contributed by atoms with van der Waals surface area (Å²) in [6.07, 6.45) is 1.10. The van der Waals surface area contributed by atoms with Gasteiger partial charge in [0.1, 0.15) is 0 Å². The molecule has 2 heterocycles. The van der Waals surface area contributed by atoms with E-state index in [1.54, 1.807) is 11.3 Å². The van der Waals surface area contributed by atoms with Gasteiger partial charge in [-0.3, -0.25) is 4.98 Å². The molecule has 0 spiro atoms. The molecule has 0 aromatic carbocycles. The SMILES string of the molecule is CCc1cc(C(C)C)nc2ccsc12. The predicted molar refractivity (Wildman–Crippen MR) is 63.1 cm³/mol. The maximum Gasteiger partial charge on any atom is 0.0815 e. The fraction of sp³-hybridized carbons (Fsp3) is 0.417. The van der Waals surface area contributed by atoms with Crippen LogP contribution in [0.3, 0.4) is 0 Å². The Morgan fingerprint density at radius 1 is 1.43 bits per heavy atom. The van der Waals surface area contributed by atoms with Crippen LogP contribution in [0.1, 0.15) is 37.9 Å². The van der Waals surface area contributed by atoms with E-state index in [-0.39, 0.29) is 0 Å². The molecule has 0 N–H and O–H groups in total. The second kappa shape index (κ2) is 3.70. The standard InChI is InChI=1S/C12H15NS/c1-4-9-7-11(8(2)3)13-10-5-6-14-12(9)10/h5-8H,4H2,1-3H3. The van der Waals surface area contributed by atoms with Gasteiger partial charge >= 0.3 is 0 Å². The normalized spacial score (nSPS) is 11.4. The van der Waals surface area contributed by atoms with E-state index >= 15 is 0 Å². The zero-order valence-electron chi connectivity index (χ0n) is 8.87. The van der Waals surface area contributed by atoms with Gasteiger partial charge < -0.3 is 0 Å². The van der Waals surface area contributed by atoms with Crippen molar-refractivity contribution in [3.8, 4) is 0 Å². The summed E-state index contributed by atoms with van der Waals surface area (Å²) in [5, 5.41) is 2.13. The summed E-state index contributed by atoms with van der Waals surface area (Å²) in [6, 6.07) is 4.37. The molecule has 2 heteroatoms. The summed E-state index contributed by atoms with van der Waals surface area (Å²) in [7, 11) is 0. The number of hydrogen-bond acceptors (Lipinski definition) is 2. The summed E-state index contributed by atoms with van der Waals surface area (Å²) in [6.45, 7) is 6.60. The fourth-order valence-electron chi connectivity index (χ4n) is 1.60. The number of thiophene rings is 1. The first-order chi connectivity index (χ1) is 6.72. The van der Waals surface area contributed by atoms with Crippen molar-refractivity contribution in [3.05, 3.63) is 28.8 Å². The lowest BCUT2D eigenvalue weighted by Crippen LogP contribution is -1.94. The second-order valence-corrected chi connectivity index (χ2v) is 4.77. The Morgan fingerprint density at radius 3 is 2.86 bits per heavy atom. The molecule has 2 aromatic heterocycles. The molecular weight excluding hydrogens is 190 g/mol. The van der Waals surface area contributed by atoms with Crippen molar-refractivity contribution in [1.29, 1.82) is 0 Å². The van der Waals surface area contributed by atoms with Crippen LogP contribution in [0.2, 0.25) is 0 Å². The average Bonchev–Trinajstić information content (AvgIpc) is 2.63. The minimum atomic E-state index is 0.518. The van der Waals surface area contributed by atoms with Crippen LogP contribution in [0.25, 0.3) is 10.2 Å². The summed E-state index contributed by atoms with van der Waals surface area (Å²) in [5.74, 6) is 0.518. The van der Waals surface area contributed by atoms with Crippen molar-refractivity contribution in [1.82, 2.24) is 4.98 Å². The Kier molecular flexibility index (Phi) is 2.55. The molecule has 0 fully saturated rings. The molecule has 0 aliphatic carbocycles. The van der Waals surface area contributed by atoms with Gasteiger partial charge in [0.2, 0.25) is 0 Å². The number of aromatic nitrogens is 1. The molecule has 0 saturated heterocycles. The number of aryl methyl sites for hydroxylation is 1. The van der Waals surface area contributed by atoms with Crippen molar-refractivity contribution >= 4 is 21.6 Å². The lowest BCUT2D eigenvalue weighted by atomic mass is 10.1. The average molecular weight is 205 g/mol. The Labute approximate surface area is 88.8 Å². The van der Waals surface area contributed by atoms with Crippen molar-refractivity contribution in [2.24, 2.45) is 0 Å². The van der Waals surface area contributed by atoms with E-state index in [4.69, 9.17) is 0 Å². The third-order valence-corrected chi connectivity index (χ3v) is 3.46. The molecule has 0 radical (unpaired) electrons. The molecule has 0 amide bonds. The Morgan fingerprint density at radius 2 is 2.21 bits per heavy atom. The van der Waals surface area contributed by atoms with E-state index < -0.39 is 0 Å². The largest absolute Gasteiger partial charge is 0.252 e. The maximum absolute atomic E-state index is 4.65. The molecule has 2 aromatic rings. The van der Waals surface area contributed by atoms with Gasteiger partial charge in [0, 0.05) is 5.69 Å². The first kappa shape index (κ1) is 9.66. The topological polar surface area (TPSA) is 12.9 Å². The second-order valence-electron chi connectivity index (χ2n) is 3.85. The fourth-order valence-corrected chi connectivity index (χ4v) is 2.53. The molecule has 0 saturated carbocycles. The monoisotopic (exact) mass is 205 g/mol. The van der Waals surface area contributed by atoms with Crippen LogP contribution in [0.5, 0.6) is 0 Å². The van der Waals surface area contributed by atoms with Crippen LogP contribution in [0, 0.1) is 0 Å². The highest BCUT2D eigenvalue weighted by Crippen LogP contribution is 2.26. The minimum absolute atomic E-state index is 0.518. The van der Waals surface area contributed by atoms with Gasteiger partial charge in [-0.15, -0.1) is 11.3 Å². The van der Waals surface area contributed by atoms with E-state index in [9.17, 15) is 0 Å². The zero-order valence-corrected chi connectivity index (χ0v) is 9.69. The van der Waals surface area contributed by atoms with E-state index in [2.05, 4.69) is 43.3 Å². The van der Waals surface area contributed by atoms with E-state index in [0.717, 1.165) is 11.9 Å². The highest BCUT2D eigenvalue weighted by molar-refractivity contribution is 7.17. The molecule has 2 rings (SSSR count). The number of pyridine rings is 1. The van der Waals surface area contributed by atoms with Crippen molar-refractivity contribution in [3.63, 3.8) is 0 Å². The van der Waals surface area contributed by atoms with Gasteiger partial charge in [-0.05, 0) is 35.4 Å². The van der Waals surface area contributed by atoms with Crippen molar-refractivity contribution < 1.29 is 0 Å². The number of rotatable bonds is 2. The lowest BCUT2D eigenvalue weighted by Gasteiger charge is -2.07. The number of hydrogen-bond donors (Lipinski definition) is 0. The van der Waals surface area contributed by atoms with Crippen LogP contribution in [0.4, 0.5) is 0 Å². The van der Waals surface area contributed by atoms with Crippen LogP contribution in [-0.2, 0) is 6.42 Å². The third-order valence-electron chi connectivity index (χ3n) is 2.48. The van der Waals surface area contributed by atoms with Crippen molar-refractivity contribution in [2.45, 2.75) is 33.1 Å². The Bertz CT molecular complexity index is 443. The molecule has 1 nitrogen and oxygen atoms in total. The summed E-state index contributed by atoms with van der Waals surface area (Å²) in [4.78, 5) is 4.65. The van der Waals surface area contributed by atoms with Crippen LogP contribution >= 0.6 is 11.3 Å². The first-order valence-corrected chi connectivity index (χ1v) is 5.97. The van der Waals surface area contributed by atoms with Crippen LogP contribution < -0.4 is 0 Å². The highest BCUT2D eigenvalue weighted by atomic mass is 32.1. The predicted octanol–water partition coefficient (Wildman–Crippen LogP) is 3.98. The van der Waals surface area contributed by atoms with Crippen LogP contribution in [-0.4, -0.2) is 4.98 Å². The van der Waals surface area contributed by atoms with E-state index in [1.165, 1.54) is 16.0 Å². The van der Waals surface area contributed by atoms with E-state index in [0.29, 0.717) is 5.92 Å². The van der Waals surface area contributed by atoms with Gasteiger partial charge in [-0.25, -0.2) is 0 Å².